The Kier molecular flexibility index (Phi) is 8.56. The molecule has 0 saturated carbocycles. The van der Waals surface area contributed by atoms with Crippen molar-refractivity contribution in [3.8, 4) is 11.5 Å². The first kappa shape index (κ1) is 24.1. The van der Waals surface area contributed by atoms with Gasteiger partial charge >= 0.3 is 0 Å². The first-order chi connectivity index (χ1) is 17.1. The van der Waals surface area contributed by atoms with Gasteiger partial charge in [0.25, 0.3) is 0 Å². The Bertz CT molecular complexity index is 1170. The minimum Gasteiger partial charge on any atom is -0.457 e. The Morgan fingerprint density at radius 1 is 0.914 bits per heavy atom. The number of carbonyl (C=O) groups is 1. The second kappa shape index (κ2) is 12.4. The highest BCUT2D eigenvalue weighted by Crippen LogP contribution is 2.22. The number of carbonyl (C=O) groups excluding carboxylic acids is 1. The number of hydrogen-bond donors (Lipinski definition) is 1. The molecule has 35 heavy (non-hydrogen) atoms. The highest BCUT2D eigenvalue weighted by atomic mass is 19.1. The Morgan fingerprint density at radius 2 is 1.63 bits per heavy atom. The fraction of sp³-hybridized carbons (Fsp3) is 0.222. The average molecular weight is 474 g/mol. The summed E-state index contributed by atoms with van der Waals surface area (Å²) in [4.78, 5) is 18.3. The van der Waals surface area contributed by atoms with Crippen molar-refractivity contribution in [2.45, 2.75) is 19.5 Å². The molecule has 0 aliphatic heterocycles. The number of nitrogens with one attached hydrogen (secondary N) is 1. The lowest BCUT2D eigenvalue weighted by atomic mass is 10.1. The number of amides is 1. The molecule has 8 heteroatoms. The van der Waals surface area contributed by atoms with Gasteiger partial charge in [0, 0.05) is 26.2 Å². The molecular weight excluding hydrogens is 445 g/mol. The van der Waals surface area contributed by atoms with Gasteiger partial charge in [-0.15, -0.1) is 0 Å². The molecule has 3 aromatic carbocycles. The van der Waals surface area contributed by atoms with E-state index in [-0.39, 0.29) is 18.3 Å². The Labute approximate surface area is 204 Å². The zero-order valence-corrected chi connectivity index (χ0v) is 19.4. The smallest absolute Gasteiger partial charge is 0.241 e. The number of benzene rings is 3. The highest BCUT2D eigenvalue weighted by Gasteiger charge is 2.09. The lowest BCUT2D eigenvalue weighted by Crippen LogP contribution is -2.37. The lowest BCUT2D eigenvalue weighted by molar-refractivity contribution is -0.121. The van der Waals surface area contributed by atoms with Crippen LogP contribution in [-0.2, 0) is 24.3 Å². The number of rotatable bonds is 12. The van der Waals surface area contributed by atoms with Crippen molar-refractivity contribution >= 4 is 5.91 Å². The second-order valence-corrected chi connectivity index (χ2v) is 8.15. The summed E-state index contributed by atoms with van der Waals surface area (Å²) >= 11 is 0. The summed E-state index contributed by atoms with van der Waals surface area (Å²) in [6.07, 6.45) is 3.80. The fourth-order valence-corrected chi connectivity index (χ4v) is 3.63. The third kappa shape index (κ3) is 8.04. The second-order valence-electron chi connectivity index (χ2n) is 8.15. The van der Waals surface area contributed by atoms with Crippen molar-refractivity contribution < 1.29 is 13.9 Å². The minimum atomic E-state index is -0.289. The van der Waals surface area contributed by atoms with Gasteiger partial charge in [-0.1, -0.05) is 42.5 Å². The molecule has 0 atom stereocenters. The predicted octanol–water partition coefficient (Wildman–Crippen LogP) is 4.07. The summed E-state index contributed by atoms with van der Waals surface area (Å²) in [6, 6.07) is 24.2. The number of halogens is 1. The monoisotopic (exact) mass is 473 g/mol. The summed E-state index contributed by atoms with van der Waals surface area (Å²) in [5.41, 5.74) is 2.41. The van der Waals surface area contributed by atoms with Crippen LogP contribution in [0.15, 0.2) is 91.5 Å². The standard InChI is InChI=1S/C27H28FN5O2/c28-24-8-12-26(13-9-24)35-25-10-6-22(7-11-25)14-16-32(18-23-4-2-1-3-5-23)17-15-30-27(34)19-33-21-29-20-31-33/h1-13,20-21H,14-19H2,(H,30,34). The fourth-order valence-electron chi connectivity index (χ4n) is 3.63. The minimum absolute atomic E-state index is 0.0908. The van der Waals surface area contributed by atoms with E-state index in [0.29, 0.717) is 18.0 Å². The van der Waals surface area contributed by atoms with Gasteiger partial charge in [0.1, 0.15) is 36.5 Å². The predicted molar refractivity (Wildman–Crippen MR) is 131 cm³/mol. The van der Waals surface area contributed by atoms with Gasteiger partial charge in [-0.25, -0.2) is 14.1 Å². The van der Waals surface area contributed by atoms with Crippen molar-refractivity contribution in [3.63, 3.8) is 0 Å². The molecular formula is C27H28FN5O2. The molecule has 1 heterocycles. The largest absolute Gasteiger partial charge is 0.457 e. The summed E-state index contributed by atoms with van der Waals surface area (Å²) < 4.78 is 20.4. The van der Waals surface area contributed by atoms with Gasteiger partial charge < -0.3 is 10.1 Å². The van der Waals surface area contributed by atoms with E-state index in [1.54, 1.807) is 12.1 Å². The van der Waals surface area contributed by atoms with Gasteiger partial charge in [0.15, 0.2) is 0 Å². The van der Waals surface area contributed by atoms with Crippen molar-refractivity contribution in [2.75, 3.05) is 19.6 Å². The summed E-state index contributed by atoms with van der Waals surface area (Å²) in [7, 11) is 0. The van der Waals surface area contributed by atoms with Gasteiger partial charge in [-0.2, -0.15) is 5.10 Å². The molecule has 4 rings (SSSR count). The van der Waals surface area contributed by atoms with E-state index in [1.165, 1.54) is 40.6 Å². The molecule has 0 saturated heterocycles. The van der Waals surface area contributed by atoms with Crippen LogP contribution in [0.25, 0.3) is 0 Å². The van der Waals surface area contributed by atoms with Crippen molar-refractivity contribution in [1.29, 1.82) is 0 Å². The molecule has 0 spiro atoms. The molecule has 4 aromatic rings. The van der Waals surface area contributed by atoms with Crippen LogP contribution in [0.2, 0.25) is 0 Å². The molecule has 0 unspecified atom stereocenters. The van der Waals surface area contributed by atoms with Crippen LogP contribution in [0.3, 0.4) is 0 Å². The molecule has 0 aliphatic rings. The molecule has 7 nitrogen and oxygen atoms in total. The maximum atomic E-state index is 13.1. The normalized spacial score (nSPS) is 10.9. The van der Waals surface area contributed by atoms with Crippen molar-refractivity contribution in [3.05, 3.63) is 108 Å². The first-order valence-corrected chi connectivity index (χ1v) is 11.5. The number of nitrogens with zero attached hydrogens (tertiary/aromatic N) is 4. The van der Waals surface area contributed by atoms with Gasteiger partial charge in [0.05, 0.1) is 0 Å². The number of aromatic nitrogens is 3. The third-order valence-corrected chi connectivity index (χ3v) is 5.46. The Balaban J connectivity index is 1.29. The molecule has 0 radical (unpaired) electrons. The molecule has 1 N–H and O–H groups in total. The SMILES string of the molecule is O=C(Cn1cncn1)NCCN(CCc1ccc(Oc2ccc(F)cc2)cc1)Cc1ccccc1. The zero-order chi connectivity index (χ0) is 24.3. The molecule has 1 amide bonds. The van der Waals surface area contributed by atoms with E-state index in [9.17, 15) is 9.18 Å². The summed E-state index contributed by atoms with van der Waals surface area (Å²) in [5, 5.41) is 6.92. The average Bonchev–Trinajstić information content (AvgIpc) is 3.38. The van der Waals surface area contributed by atoms with E-state index in [1.807, 2.05) is 42.5 Å². The van der Waals surface area contributed by atoms with E-state index < -0.39 is 0 Å². The van der Waals surface area contributed by atoms with Crippen LogP contribution in [0, 0.1) is 5.82 Å². The van der Waals surface area contributed by atoms with Gasteiger partial charge in [-0.05, 0) is 53.9 Å². The molecule has 0 fully saturated rings. The van der Waals surface area contributed by atoms with E-state index in [2.05, 4.69) is 32.4 Å². The number of hydrogen-bond acceptors (Lipinski definition) is 5. The summed E-state index contributed by atoms with van der Waals surface area (Å²) in [6.45, 7) is 3.07. The van der Waals surface area contributed by atoms with Crippen LogP contribution in [-0.4, -0.2) is 45.2 Å². The highest BCUT2D eigenvalue weighted by molar-refractivity contribution is 5.75. The lowest BCUT2D eigenvalue weighted by Gasteiger charge is -2.23. The van der Waals surface area contributed by atoms with Crippen LogP contribution >= 0.6 is 0 Å². The maximum absolute atomic E-state index is 13.1. The van der Waals surface area contributed by atoms with E-state index in [0.717, 1.165) is 26.1 Å². The maximum Gasteiger partial charge on any atom is 0.241 e. The van der Waals surface area contributed by atoms with Crippen LogP contribution < -0.4 is 10.1 Å². The van der Waals surface area contributed by atoms with Crippen molar-refractivity contribution in [2.24, 2.45) is 0 Å². The number of ether oxygens (including phenoxy) is 1. The zero-order valence-electron chi connectivity index (χ0n) is 19.4. The Morgan fingerprint density at radius 3 is 2.31 bits per heavy atom. The topological polar surface area (TPSA) is 72.3 Å². The molecule has 0 aliphatic carbocycles. The van der Waals surface area contributed by atoms with Crippen LogP contribution in [0.1, 0.15) is 11.1 Å². The van der Waals surface area contributed by atoms with Crippen molar-refractivity contribution in [1.82, 2.24) is 25.0 Å². The molecule has 180 valence electrons. The van der Waals surface area contributed by atoms with Gasteiger partial charge in [0.2, 0.25) is 5.91 Å². The first-order valence-electron chi connectivity index (χ1n) is 11.5. The quantitative estimate of drug-likeness (QED) is 0.336. The van der Waals surface area contributed by atoms with E-state index in [4.69, 9.17) is 4.74 Å². The molecule has 0 bridgehead atoms. The van der Waals surface area contributed by atoms with E-state index >= 15 is 0 Å². The Hall–Kier alpha value is -4.04. The third-order valence-electron chi connectivity index (χ3n) is 5.46. The molecule has 1 aromatic heterocycles. The van der Waals surface area contributed by atoms with Crippen LogP contribution in [0.5, 0.6) is 11.5 Å². The van der Waals surface area contributed by atoms with Gasteiger partial charge in [-0.3, -0.25) is 9.69 Å². The summed E-state index contributed by atoms with van der Waals surface area (Å²) in [5.74, 6) is 0.921. The van der Waals surface area contributed by atoms with Crippen LogP contribution in [0.4, 0.5) is 4.39 Å².